The van der Waals surface area contributed by atoms with Gasteiger partial charge in [0.1, 0.15) is 23.6 Å². The molecule has 0 fully saturated rings. The largest absolute Gasteiger partial charge is 0.497 e. The Bertz CT molecular complexity index is 1140. The maximum absolute atomic E-state index is 13.5. The van der Waals surface area contributed by atoms with E-state index in [2.05, 4.69) is 21.3 Å². The zero-order valence-electron chi connectivity index (χ0n) is 17.9. The number of hydrogen-bond donors (Lipinski definition) is 2. The first-order valence-corrected chi connectivity index (χ1v) is 9.84. The van der Waals surface area contributed by atoms with Gasteiger partial charge in [0, 0.05) is 23.3 Å². The molecule has 0 bridgehead atoms. The molecule has 1 aliphatic carbocycles. The number of nitriles is 1. The number of carbonyl (C=O) groups excluding carboxylic acids is 1. The lowest BCUT2D eigenvalue weighted by molar-refractivity contribution is -0.118. The lowest BCUT2D eigenvalue weighted by Crippen LogP contribution is -2.42. The van der Waals surface area contributed by atoms with Crippen molar-refractivity contribution in [1.82, 2.24) is 15.2 Å². The van der Waals surface area contributed by atoms with Crippen LogP contribution in [0, 0.1) is 16.7 Å². The van der Waals surface area contributed by atoms with Crippen molar-refractivity contribution in [3.8, 4) is 17.6 Å². The average Bonchev–Trinajstić information content (AvgIpc) is 3.25. The van der Waals surface area contributed by atoms with Gasteiger partial charge in [-0.25, -0.2) is 5.10 Å². The van der Waals surface area contributed by atoms with E-state index in [1.807, 2.05) is 13.8 Å². The Balaban J connectivity index is 2.03. The number of nitrogens with two attached hydrogens (primary N) is 1. The van der Waals surface area contributed by atoms with Crippen LogP contribution in [-0.4, -0.2) is 35.2 Å². The molecule has 3 N–H and O–H groups in total. The molecule has 31 heavy (non-hydrogen) atoms. The number of benzene rings is 1. The smallest absolute Gasteiger partial charge is 0.231 e. The van der Waals surface area contributed by atoms with Gasteiger partial charge in [-0.05, 0) is 30.0 Å². The fourth-order valence-electron chi connectivity index (χ4n) is 4.43. The van der Waals surface area contributed by atoms with E-state index in [0.717, 1.165) is 0 Å². The highest BCUT2D eigenvalue weighted by atomic mass is 16.5. The molecule has 2 aliphatic rings. The second-order valence-corrected chi connectivity index (χ2v) is 8.40. The molecule has 1 atom stereocenters. The summed E-state index contributed by atoms with van der Waals surface area (Å²) < 4.78 is 11.0. The third kappa shape index (κ3) is 3.30. The van der Waals surface area contributed by atoms with E-state index >= 15 is 0 Å². The van der Waals surface area contributed by atoms with Crippen LogP contribution in [0.25, 0.3) is 0 Å². The number of nitrogens with zero attached hydrogens (tertiary/aromatic N) is 4. The molecular weight excluding hydrogens is 396 g/mol. The molecule has 0 amide bonds. The fraction of sp³-hybridized carbons (Fsp3) is 0.364. The predicted molar refractivity (Wildman–Crippen MR) is 113 cm³/mol. The van der Waals surface area contributed by atoms with Crippen LogP contribution in [0.3, 0.4) is 0 Å². The van der Waals surface area contributed by atoms with Crippen molar-refractivity contribution >= 4 is 11.7 Å². The van der Waals surface area contributed by atoms with Gasteiger partial charge < -0.3 is 15.2 Å². The number of aromatic amines is 1. The Morgan fingerprint density at radius 3 is 2.68 bits per heavy atom. The maximum Gasteiger partial charge on any atom is 0.231 e. The average molecular weight is 420 g/mol. The summed E-state index contributed by atoms with van der Waals surface area (Å²) in [6.07, 6.45) is 2.30. The molecule has 2 aromatic rings. The molecule has 9 heteroatoms. The number of ketones is 1. The third-order valence-corrected chi connectivity index (χ3v) is 5.74. The van der Waals surface area contributed by atoms with Crippen LogP contribution in [-0.2, 0) is 4.79 Å². The molecule has 1 aromatic heterocycles. The Morgan fingerprint density at radius 2 is 2.06 bits per heavy atom. The first kappa shape index (κ1) is 20.5. The fourth-order valence-corrected chi connectivity index (χ4v) is 4.43. The Morgan fingerprint density at radius 1 is 1.29 bits per heavy atom. The second-order valence-electron chi connectivity index (χ2n) is 8.40. The number of nitrogens with one attached hydrogen (secondary N) is 1. The number of methoxy groups -OCH3 is 2. The first-order valence-electron chi connectivity index (χ1n) is 9.84. The monoisotopic (exact) mass is 420 g/mol. The Labute approximate surface area is 180 Å². The standard InChI is InChI=1S/C22H24N6O3/c1-22(2)8-15-19(16(29)9-22)18(13-7-12(30-3)5-6-17(13)31-4)14(10-23)20(24)28(15)21-25-11-26-27-21/h5-7,11,18H,8-9,24H2,1-4H3,(H,25,26,27). The van der Waals surface area contributed by atoms with E-state index in [1.165, 1.54) is 6.33 Å². The van der Waals surface area contributed by atoms with Crippen LogP contribution < -0.4 is 20.1 Å². The summed E-state index contributed by atoms with van der Waals surface area (Å²) in [5.74, 6) is 0.996. The van der Waals surface area contributed by atoms with Crippen molar-refractivity contribution in [2.24, 2.45) is 11.1 Å². The molecule has 0 spiro atoms. The summed E-state index contributed by atoms with van der Waals surface area (Å²) in [6, 6.07) is 7.55. The third-order valence-electron chi connectivity index (χ3n) is 5.74. The molecule has 1 aromatic carbocycles. The van der Waals surface area contributed by atoms with Crippen molar-refractivity contribution in [3.05, 3.63) is 52.8 Å². The minimum atomic E-state index is -0.673. The lowest BCUT2D eigenvalue weighted by Gasteiger charge is -2.42. The van der Waals surface area contributed by atoms with E-state index in [0.29, 0.717) is 47.1 Å². The molecular formula is C22H24N6O3. The summed E-state index contributed by atoms with van der Waals surface area (Å²) in [5, 5.41) is 16.8. The van der Waals surface area contributed by atoms with E-state index in [9.17, 15) is 10.1 Å². The van der Waals surface area contributed by atoms with Crippen molar-refractivity contribution in [1.29, 1.82) is 5.26 Å². The molecule has 4 rings (SSSR count). The summed E-state index contributed by atoms with van der Waals surface area (Å²) >= 11 is 0. The Kier molecular flexibility index (Phi) is 4.93. The highest BCUT2D eigenvalue weighted by molar-refractivity contribution is 6.01. The molecule has 9 nitrogen and oxygen atoms in total. The summed E-state index contributed by atoms with van der Waals surface area (Å²) in [5.41, 5.74) is 8.39. The van der Waals surface area contributed by atoms with Gasteiger partial charge in [0.25, 0.3) is 0 Å². The van der Waals surface area contributed by atoms with Crippen molar-refractivity contribution in [3.63, 3.8) is 0 Å². The van der Waals surface area contributed by atoms with Gasteiger partial charge in [-0.3, -0.25) is 9.69 Å². The van der Waals surface area contributed by atoms with Crippen LogP contribution in [0.2, 0.25) is 0 Å². The van der Waals surface area contributed by atoms with Crippen molar-refractivity contribution in [2.45, 2.75) is 32.6 Å². The minimum Gasteiger partial charge on any atom is -0.497 e. The van der Waals surface area contributed by atoms with E-state index in [1.54, 1.807) is 37.3 Å². The number of H-pyrrole nitrogens is 1. The molecule has 2 heterocycles. The minimum absolute atomic E-state index is 0.0362. The summed E-state index contributed by atoms with van der Waals surface area (Å²) in [7, 11) is 3.11. The molecule has 0 saturated carbocycles. The number of ether oxygens (including phenoxy) is 2. The van der Waals surface area contributed by atoms with Crippen LogP contribution in [0.15, 0.2) is 47.2 Å². The quantitative estimate of drug-likeness (QED) is 0.772. The number of aromatic nitrogens is 3. The van der Waals surface area contributed by atoms with Crippen molar-refractivity contribution < 1.29 is 14.3 Å². The molecule has 160 valence electrons. The first-order chi connectivity index (χ1) is 14.8. The normalized spacial score (nSPS) is 20.4. The van der Waals surface area contributed by atoms with Gasteiger partial charge in [-0.15, -0.1) is 0 Å². The van der Waals surface area contributed by atoms with E-state index in [-0.39, 0.29) is 22.6 Å². The van der Waals surface area contributed by atoms with Crippen molar-refractivity contribution in [2.75, 3.05) is 19.1 Å². The lowest BCUT2D eigenvalue weighted by atomic mass is 9.68. The predicted octanol–water partition coefficient (Wildman–Crippen LogP) is 2.76. The van der Waals surface area contributed by atoms with Gasteiger partial charge in [-0.2, -0.15) is 15.3 Å². The number of anilines is 1. The van der Waals surface area contributed by atoms with Gasteiger partial charge in [0.05, 0.1) is 31.8 Å². The van der Waals surface area contributed by atoms with Gasteiger partial charge in [-0.1, -0.05) is 13.8 Å². The second kappa shape index (κ2) is 7.47. The highest BCUT2D eigenvalue weighted by Gasteiger charge is 2.46. The number of allylic oxidation sites excluding steroid dienone is 3. The summed E-state index contributed by atoms with van der Waals surface area (Å²) in [4.78, 5) is 19.4. The van der Waals surface area contributed by atoms with Crippen LogP contribution >= 0.6 is 0 Å². The van der Waals surface area contributed by atoms with Gasteiger partial charge >= 0.3 is 0 Å². The summed E-state index contributed by atoms with van der Waals surface area (Å²) in [6.45, 7) is 4.07. The zero-order chi connectivity index (χ0) is 22.3. The number of hydrogen-bond acceptors (Lipinski definition) is 8. The highest BCUT2D eigenvalue weighted by Crippen LogP contribution is 2.51. The van der Waals surface area contributed by atoms with E-state index < -0.39 is 5.92 Å². The molecule has 1 unspecified atom stereocenters. The van der Waals surface area contributed by atoms with E-state index in [4.69, 9.17) is 15.2 Å². The van der Waals surface area contributed by atoms with Crippen LogP contribution in [0.4, 0.5) is 5.95 Å². The maximum atomic E-state index is 13.5. The topological polar surface area (TPSA) is 130 Å². The number of carbonyl (C=O) groups is 1. The molecule has 0 saturated heterocycles. The van der Waals surface area contributed by atoms with Crippen LogP contribution in [0.5, 0.6) is 11.5 Å². The Hall–Kier alpha value is -3.80. The van der Waals surface area contributed by atoms with Crippen LogP contribution in [0.1, 0.15) is 38.2 Å². The molecule has 1 aliphatic heterocycles. The SMILES string of the molecule is COc1ccc(OC)c(C2C(C#N)=C(N)N(c3ncn[nH]3)C3=C2C(=O)CC(C)(C)C3)c1. The number of rotatable bonds is 4. The number of Topliss-reactive ketones (excluding diaryl/α,β-unsaturated/α-hetero) is 1. The molecule has 0 radical (unpaired) electrons. The van der Waals surface area contributed by atoms with Gasteiger partial charge in [0.2, 0.25) is 5.95 Å². The zero-order valence-corrected chi connectivity index (χ0v) is 17.9. The van der Waals surface area contributed by atoms with Gasteiger partial charge in [0.15, 0.2) is 5.78 Å².